The summed E-state index contributed by atoms with van der Waals surface area (Å²) >= 11 is 0. The van der Waals surface area contributed by atoms with Crippen molar-refractivity contribution in [3.8, 4) is 22.8 Å². The molecule has 0 atom stereocenters. The number of para-hydroxylation sites is 1. The van der Waals surface area contributed by atoms with Crippen LogP contribution >= 0.6 is 0 Å². The van der Waals surface area contributed by atoms with E-state index < -0.39 is 0 Å². The summed E-state index contributed by atoms with van der Waals surface area (Å²) in [6.07, 6.45) is 0. The standard InChI is InChI=1S/C16H14O3/c1-10-12(7-8-13(17)16(10)18-2)15-9-11-5-3-4-6-14(11)19-15/h3-9,17H,1-2H3. The van der Waals surface area contributed by atoms with Gasteiger partial charge in [0, 0.05) is 16.5 Å². The normalized spacial score (nSPS) is 10.8. The summed E-state index contributed by atoms with van der Waals surface area (Å²) in [5, 5.41) is 10.8. The minimum atomic E-state index is 0.139. The quantitative estimate of drug-likeness (QED) is 0.748. The van der Waals surface area contributed by atoms with Gasteiger partial charge in [-0.05, 0) is 31.2 Å². The number of hydrogen-bond acceptors (Lipinski definition) is 3. The Balaban J connectivity index is 2.21. The first-order valence-corrected chi connectivity index (χ1v) is 6.06. The number of phenols is 1. The number of hydrogen-bond donors (Lipinski definition) is 1. The molecule has 0 bridgehead atoms. The van der Waals surface area contributed by atoms with Crippen molar-refractivity contribution in [1.82, 2.24) is 0 Å². The van der Waals surface area contributed by atoms with E-state index in [2.05, 4.69) is 0 Å². The Bertz CT molecular complexity index is 708. The van der Waals surface area contributed by atoms with Crippen LogP contribution in [0.1, 0.15) is 5.56 Å². The summed E-state index contributed by atoms with van der Waals surface area (Å²) in [6.45, 7) is 1.90. The Morgan fingerprint density at radius 3 is 2.63 bits per heavy atom. The molecule has 0 aliphatic heterocycles. The van der Waals surface area contributed by atoms with Gasteiger partial charge in [-0.15, -0.1) is 0 Å². The number of aromatic hydroxyl groups is 1. The molecule has 0 aliphatic carbocycles. The molecule has 0 aliphatic rings. The molecule has 3 rings (SSSR count). The van der Waals surface area contributed by atoms with Gasteiger partial charge in [-0.1, -0.05) is 18.2 Å². The van der Waals surface area contributed by atoms with E-state index in [4.69, 9.17) is 9.15 Å². The maximum atomic E-state index is 9.75. The molecule has 0 amide bonds. The topological polar surface area (TPSA) is 42.6 Å². The van der Waals surface area contributed by atoms with Gasteiger partial charge < -0.3 is 14.3 Å². The van der Waals surface area contributed by atoms with Crippen molar-refractivity contribution in [2.45, 2.75) is 6.92 Å². The zero-order valence-corrected chi connectivity index (χ0v) is 10.8. The van der Waals surface area contributed by atoms with E-state index in [9.17, 15) is 5.11 Å². The molecule has 3 nitrogen and oxygen atoms in total. The van der Waals surface area contributed by atoms with Gasteiger partial charge in [0.05, 0.1) is 7.11 Å². The molecule has 3 heteroatoms. The SMILES string of the molecule is COc1c(O)ccc(-c2cc3ccccc3o2)c1C. The average Bonchev–Trinajstić information content (AvgIpc) is 2.82. The lowest BCUT2D eigenvalue weighted by molar-refractivity contribution is 0.371. The second-order valence-electron chi connectivity index (χ2n) is 4.44. The largest absolute Gasteiger partial charge is 0.504 e. The van der Waals surface area contributed by atoms with Crippen molar-refractivity contribution in [3.63, 3.8) is 0 Å². The third-order valence-electron chi connectivity index (χ3n) is 3.28. The summed E-state index contributed by atoms with van der Waals surface area (Å²) in [4.78, 5) is 0. The van der Waals surface area contributed by atoms with Crippen LogP contribution in [0.5, 0.6) is 11.5 Å². The highest BCUT2D eigenvalue weighted by Crippen LogP contribution is 2.38. The second-order valence-corrected chi connectivity index (χ2v) is 4.44. The fourth-order valence-electron chi connectivity index (χ4n) is 2.32. The molecule has 96 valence electrons. The monoisotopic (exact) mass is 254 g/mol. The van der Waals surface area contributed by atoms with Crippen LogP contribution in [0, 0.1) is 6.92 Å². The summed E-state index contributed by atoms with van der Waals surface area (Å²) in [6, 6.07) is 13.3. The lowest BCUT2D eigenvalue weighted by Crippen LogP contribution is -1.90. The fraction of sp³-hybridized carbons (Fsp3) is 0.125. The van der Waals surface area contributed by atoms with Gasteiger partial charge in [-0.25, -0.2) is 0 Å². The molecule has 1 heterocycles. The molecule has 1 aromatic heterocycles. The third kappa shape index (κ3) is 1.83. The van der Waals surface area contributed by atoms with Crippen LogP contribution in [-0.4, -0.2) is 12.2 Å². The van der Waals surface area contributed by atoms with Gasteiger partial charge >= 0.3 is 0 Å². The summed E-state index contributed by atoms with van der Waals surface area (Å²) in [5.74, 6) is 1.40. The number of benzene rings is 2. The number of furan rings is 1. The lowest BCUT2D eigenvalue weighted by Gasteiger charge is -2.10. The predicted molar refractivity (Wildman–Crippen MR) is 74.6 cm³/mol. The van der Waals surface area contributed by atoms with E-state index in [0.29, 0.717) is 5.75 Å². The molecule has 1 N–H and O–H groups in total. The highest BCUT2D eigenvalue weighted by Gasteiger charge is 2.14. The zero-order valence-electron chi connectivity index (χ0n) is 10.8. The van der Waals surface area contributed by atoms with Crippen molar-refractivity contribution < 1.29 is 14.3 Å². The van der Waals surface area contributed by atoms with Crippen LogP contribution in [0.25, 0.3) is 22.3 Å². The van der Waals surface area contributed by atoms with Crippen molar-refractivity contribution in [2.24, 2.45) is 0 Å². The molecule has 0 saturated carbocycles. The Labute approximate surface area is 111 Å². The van der Waals surface area contributed by atoms with Crippen LogP contribution < -0.4 is 4.74 Å². The van der Waals surface area contributed by atoms with E-state index in [1.54, 1.807) is 13.2 Å². The maximum Gasteiger partial charge on any atom is 0.164 e. The van der Waals surface area contributed by atoms with Gasteiger partial charge in [0.2, 0.25) is 0 Å². The first-order chi connectivity index (χ1) is 9.20. The van der Waals surface area contributed by atoms with Crippen molar-refractivity contribution >= 4 is 11.0 Å². The molecule has 0 fully saturated rings. The van der Waals surface area contributed by atoms with Crippen molar-refractivity contribution in [2.75, 3.05) is 7.11 Å². The van der Waals surface area contributed by atoms with E-state index in [-0.39, 0.29) is 5.75 Å². The number of methoxy groups -OCH3 is 1. The third-order valence-corrected chi connectivity index (χ3v) is 3.28. The van der Waals surface area contributed by atoms with Crippen LogP contribution in [0.4, 0.5) is 0 Å². The molecule has 0 unspecified atom stereocenters. The van der Waals surface area contributed by atoms with Crippen LogP contribution in [0.15, 0.2) is 46.9 Å². The lowest BCUT2D eigenvalue weighted by atomic mass is 10.0. The van der Waals surface area contributed by atoms with Crippen LogP contribution in [-0.2, 0) is 0 Å². The van der Waals surface area contributed by atoms with Crippen molar-refractivity contribution in [3.05, 3.63) is 48.0 Å². The first kappa shape index (κ1) is 11.7. The van der Waals surface area contributed by atoms with E-state index in [1.807, 2.05) is 43.3 Å². The van der Waals surface area contributed by atoms with E-state index >= 15 is 0 Å². The van der Waals surface area contributed by atoms with Gasteiger partial charge in [0.15, 0.2) is 11.5 Å². The average molecular weight is 254 g/mol. The van der Waals surface area contributed by atoms with E-state index in [1.165, 1.54) is 0 Å². The van der Waals surface area contributed by atoms with Crippen molar-refractivity contribution in [1.29, 1.82) is 0 Å². The number of ether oxygens (including phenoxy) is 1. The van der Waals surface area contributed by atoms with Gasteiger partial charge in [0.25, 0.3) is 0 Å². The highest BCUT2D eigenvalue weighted by atomic mass is 16.5. The minimum absolute atomic E-state index is 0.139. The van der Waals surface area contributed by atoms with Gasteiger partial charge in [-0.2, -0.15) is 0 Å². The summed E-state index contributed by atoms with van der Waals surface area (Å²) in [7, 11) is 1.55. The van der Waals surface area contributed by atoms with E-state index in [0.717, 1.165) is 27.9 Å². The Hall–Kier alpha value is -2.42. The number of fused-ring (bicyclic) bond motifs is 1. The molecule has 0 saturated heterocycles. The Morgan fingerprint density at radius 1 is 1.11 bits per heavy atom. The Morgan fingerprint density at radius 2 is 1.89 bits per heavy atom. The predicted octanol–water partition coefficient (Wildman–Crippen LogP) is 4.12. The molecular formula is C16H14O3. The second kappa shape index (κ2) is 4.35. The fourth-order valence-corrected chi connectivity index (χ4v) is 2.32. The van der Waals surface area contributed by atoms with Crippen LogP contribution in [0.2, 0.25) is 0 Å². The maximum absolute atomic E-state index is 9.75. The first-order valence-electron chi connectivity index (χ1n) is 6.06. The molecule has 3 aromatic rings. The molecular weight excluding hydrogens is 240 g/mol. The highest BCUT2D eigenvalue weighted by molar-refractivity contribution is 5.84. The summed E-state index contributed by atoms with van der Waals surface area (Å²) < 4.78 is 11.1. The van der Waals surface area contributed by atoms with Crippen LogP contribution in [0.3, 0.4) is 0 Å². The smallest absolute Gasteiger partial charge is 0.164 e. The minimum Gasteiger partial charge on any atom is -0.504 e. The number of phenolic OH excluding ortho intramolecular Hbond substituents is 1. The Kier molecular flexibility index (Phi) is 2.67. The molecule has 0 radical (unpaired) electrons. The molecule has 19 heavy (non-hydrogen) atoms. The zero-order chi connectivity index (χ0) is 13.4. The molecule has 2 aromatic carbocycles. The number of rotatable bonds is 2. The summed E-state index contributed by atoms with van der Waals surface area (Å²) in [5.41, 5.74) is 2.64. The van der Waals surface area contributed by atoms with Gasteiger partial charge in [-0.3, -0.25) is 0 Å². The molecule has 0 spiro atoms. The van der Waals surface area contributed by atoms with Gasteiger partial charge in [0.1, 0.15) is 11.3 Å².